The standard InChI is InChI=1S/C23H25ClN4O/c1-26-15-23(28(16-26)18-5-3-2-4-6-18)9-11-27(12-10-23)22(29)20-14-25-21-13-17(24)7-8-19(20)21/h2-8,13-14,25H,9-12,15-16H2,1H3. The minimum Gasteiger partial charge on any atom is -0.360 e. The number of hydrogen-bond acceptors (Lipinski definition) is 3. The first-order valence-corrected chi connectivity index (χ1v) is 10.5. The Bertz CT molecular complexity index is 1040. The second-order valence-corrected chi connectivity index (χ2v) is 8.76. The number of piperidine rings is 1. The predicted octanol–water partition coefficient (Wildman–Crippen LogP) is 4.21. The number of nitrogens with one attached hydrogen (secondary N) is 1. The molecule has 1 aromatic heterocycles. The smallest absolute Gasteiger partial charge is 0.256 e. The first kappa shape index (κ1) is 18.5. The summed E-state index contributed by atoms with van der Waals surface area (Å²) in [6, 6.07) is 16.3. The van der Waals surface area contributed by atoms with Crippen molar-refractivity contribution in [3.8, 4) is 0 Å². The SMILES string of the molecule is CN1CN(c2ccccc2)C2(CCN(C(=O)c3c[nH]c4cc(Cl)ccc34)CC2)C1. The van der Waals surface area contributed by atoms with Crippen LogP contribution in [0.15, 0.2) is 54.7 Å². The molecule has 0 unspecified atom stereocenters. The number of aromatic nitrogens is 1. The fourth-order valence-electron chi connectivity index (χ4n) is 4.99. The molecule has 1 N–H and O–H groups in total. The Balaban J connectivity index is 1.36. The molecule has 0 bridgehead atoms. The molecule has 0 atom stereocenters. The predicted molar refractivity (Wildman–Crippen MR) is 118 cm³/mol. The van der Waals surface area contributed by atoms with Crippen LogP contribution in [0.25, 0.3) is 10.9 Å². The monoisotopic (exact) mass is 408 g/mol. The average Bonchev–Trinajstić information content (AvgIpc) is 3.29. The number of halogens is 1. The molecular formula is C23H25ClN4O. The van der Waals surface area contributed by atoms with Gasteiger partial charge in [-0.25, -0.2) is 0 Å². The van der Waals surface area contributed by atoms with E-state index in [-0.39, 0.29) is 11.4 Å². The zero-order valence-electron chi connectivity index (χ0n) is 16.6. The third-order valence-electron chi connectivity index (χ3n) is 6.44. The molecule has 6 heteroatoms. The van der Waals surface area contributed by atoms with E-state index < -0.39 is 0 Å². The third kappa shape index (κ3) is 3.18. The van der Waals surface area contributed by atoms with E-state index in [0.717, 1.165) is 55.6 Å². The van der Waals surface area contributed by atoms with E-state index in [0.29, 0.717) is 5.02 Å². The molecule has 2 aliphatic rings. The molecule has 5 rings (SSSR count). The molecule has 0 aliphatic carbocycles. The molecule has 5 nitrogen and oxygen atoms in total. The van der Waals surface area contributed by atoms with Gasteiger partial charge in [0.15, 0.2) is 0 Å². The quantitative estimate of drug-likeness (QED) is 0.690. The van der Waals surface area contributed by atoms with Gasteiger partial charge < -0.3 is 14.8 Å². The van der Waals surface area contributed by atoms with Gasteiger partial charge in [0.25, 0.3) is 5.91 Å². The Kier molecular flexibility index (Phi) is 4.52. The Hall–Kier alpha value is -2.50. The maximum absolute atomic E-state index is 13.2. The van der Waals surface area contributed by atoms with Gasteiger partial charge in [-0.2, -0.15) is 0 Å². The number of anilines is 1. The van der Waals surface area contributed by atoms with Gasteiger partial charge in [0, 0.05) is 47.4 Å². The van der Waals surface area contributed by atoms with Crippen molar-refractivity contribution in [2.75, 3.05) is 38.3 Å². The van der Waals surface area contributed by atoms with Crippen molar-refractivity contribution >= 4 is 34.1 Å². The lowest BCUT2D eigenvalue weighted by atomic mass is 9.86. The van der Waals surface area contributed by atoms with Gasteiger partial charge in [-0.05, 0) is 44.2 Å². The van der Waals surface area contributed by atoms with Gasteiger partial charge in [-0.3, -0.25) is 9.69 Å². The highest BCUT2D eigenvalue weighted by Crippen LogP contribution is 2.38. The van der Waals surface area contributed by atoms with Gasteiger partial charge in [-0.15, -0.1) is 0 Å². The number of carbonyl (C=O) groups is 1. The minimum atomic E-state index is 0.0978. The Morgan fingerprint density at radius 2 is 1.86 bits per heavy atom. The number of H-pyrrole nitrogens is 1. The Morgan fingerprint density at radius 1 is 1.10 bits per heavy atom. The third-order valence-corrected chi connectivity index (χ3v) is 6.68. The number of rotatable bonds is 2. The van der Waals surface area contributed by atoms with E-state index in [4.69, 9.17) is 11.6 Å². The summed E-state index contributed by atoms with van der Waals surface area (Å²) in [6.45, 7) is 3.52. The van der Waals surface area contributed by atoms with E-state index in [1.54, 1.807) is 0 Å². The number of para-hydroxylation sites is 1. The number of carbonyl (C=O) groups excluding carboxylic acids is 1. The zero-order valence-corrected chi connectivity index (χ0v) is 17.3. The summed E-state index contributed by atoms with van der Waals surface area (Å²) in [4.78, 5) is 23.3. The van der Waals surface area contributed by atoms with Crippen molar-refractivity contribution in [3.63, 3.8) is 0 Å². The number of likely N-dealkylation sites (tertiary alicyclic amines) is 1. The Morgan fingerprint density at radius 3 is 2.62 bits per heavy atom. The van der Waals surface area contributed by atoms with Crippen molar-refractivity contribution in [1.82, 2.24) is 14.8 Å². The van der Waals surface area contributed by atoms with E-state index in [1.807, 2.05) is 29.3 Å². The van der Waals surface area contributed by atoms with Gasteiger partial charge in [-0.1, -0.05) is 35.9 Å². The van der Waals surface area contributed by atoms with Crippen molar-refractivity contribution in [3.05, 3.63) is 65.3 Å². The lowest BCUT2D eigenvalue weighted by Gasteiger charge is -2.45. The van der Waals surface area contributed by atoms with Gasteiger partial charge in [0.05, 0.1) is 17.8 Å². The maximum Gasteiger partial charge on any atom is 0.256 e. The summed E-state index contributed by atoms with van der Waals surface area (Å²) < 4.78 is 0. The lowest BCUT2D eigenvalue weighted by Crippen LogP contribution is -2.55. The van der Waals surface area contributed by atoms with Crippen molar-refractivity contribution in [2.24, 2.45) is 0 Å². The van der Waals surface area contributed by atoms with Gasteiger partial charge in [0.2, 0.25) is 0 Å². The van der Waals surface area contributed by atoms with Crippen LogP contribution in [-0.4, -0.2) is 59.6 Å². The Labute approximate surface area is 175 Å². The van der Waals surface area contributed by atoms with Gasteiger partial charge in [0.1, 0.15) is 0 Å². The summed E-state index contributed by atoms with van der Waals surface area (Å²) >= 11 is 6.08. The van der Waals surface area contributed by atoms with Crippen molar-refractivity contribution in [2.45, 2.75) is 18.4 Å². The number of amides is 1. The van der Waals surface area contributed by atoms with E-state index in [1.165, 1.54) is 5.69 Å². The first-order valence-electron chi connectivity index (χ1n) is 10.1. The number of likely N-dealkylation sites (N-methyl/N-ethyl adjacent to an activating group) is 1. The molecule has 2 saturated heterocycles. The van der Waals surface area contributed by atoms with Crippen molar-refractivity contribution in [1.29, 1.82) is 0 Å². The highest BCUT2D eigenvalue weighted by atomic mass is 35.5. The molecule has 3 aromatic rings. The molecule has 2 aliphatic heterocycles. The van der Waals surface area contributed by atoms with Crippen LogP contribution < -0.4 is 4.90 Å². The molecule has 1 spiro atoms. The number of nitrogens with zero attached hydrogens (tertiary/aromatic N) is 3. The summed E-state index contributed by atoms with van der Waals surface area (Å²) in [5.41, 5.74) is 3.00. The fourth-order valence-corrected chi connectivity index (χ4v) is 5.16. The molecule has 2 aromatic carbocycles. The summed E-state index contributed by atoms with van der Waals surface area (Å²) in [7, 11) is 2.18. The fraction of sp³-hybridized carbons (Fsp3) is 0.348. The highest BCUT2D eigenvalue weighted by molar-refractivity contribution is 6.31. The molecule has 2 fully saturated rings. The normalized spacial score (nSPS) is 19.4. The molecule has 0 radical (unpaired) electrons. The first-order chi connectivity index (χ1) is 14.1. The van der Waals surface area contributed by atoms with Crippen LogP contribution in [0.2, 0.25) is 5.02 Å². The molecule has 1 amide bonds. The molecule has 0 saturated carbocycles. The summed E-state index contributed by atoms with van der Waals surface area (Å²) in [5.74, 6) is 0.103. The zero-order chi connectivity index (χ0) is 20.0. The van der Waals surface area contributed by atoms with Crippen LogP contribution in [0.4, 0.5) is 5.69 Å². The molecule has 150 valence electrons. The van der Waals surface area contributed by atoms with E-state index in [9.17, 15) is 4.79 Å². The van der Waals surface area contributed by atoms with Crippen LogP contribution in [-0.2, 0) is 0 Å². The lowest BCUT2D eigenvalue weighted by molar-refractivity contribution is 0.0676. The largest absolute Gasteiger partial charge is 0.360 e. The molecular weight excluding hydrogens is 384 g/mol. The van der Waals surface area contributed by atoms with Crippen LogP contribution in [0.1, 0.15) is 23.2 Å². The molecule has 3 heterocycles. The van der Waals surface area contributed by atoms with E-state index in [2.05, 4.69) is 52.2 Å². The minimum absolute atomic E-state index is 0.0978. The number of fused-ring (bicyclic) bond motifs is 1. The number of benzene rings is 2. The van der Waals surface area contributed by atoms with E-state index >= 15 is 0 Å². The van der Waals surface area contributed by atoms with Crippen LogP contribution in [0.5, 0.6) is 0 Å². The maximum atomic E-state index is 13.2. The number of hydrogen-bond donors (Lipinski definition) is 1. The van der Waals surface area contributed by atoms with Crippen LogP contribution in [0, 0.1) is 0 Å². The highest BCUT2D eigenvalue weighted by Gasteiger charge is 2.46. The topological polar surface area (TPSA) is 42.6 Å². The van der Waals surface area contributed by atoms with Crippen LogP contribution in [0.3, 0.4) is 0 Å². The second kappa shape index (κ2) is 7.08. The van der Waals surface area contributed by atoms with Gasteiger partial charge >= 0.3 is 0 Å². The average molecular weight is 409 g/mol. The number of aromatic amines is 1. The summed E-state index contributed by atoms with van der Waals surface area (Å²) in [5, 5.41) is 1.61. The van der Waals surface area contributed by atoms with Crippen molar-refractivity contribution < 1.29 is 4.79 Å². The summed E-state index contributed by atoms with van der Waals surface area (Å²) in [6.07, 6.45) is 3.77. The van der Waals surface area contributed by atoms with Crippen LogP contribution >= 0.6 is 11.6 Å². The second-order valence-electron chi connectivity index (χ2n) is 8.33. The molecule has 29 heavy (non-hydrogen) atoms.